The van der Waals surface area contributed by atoms with Gasteiger partial charge in [-0.05, 0) is 23.1 Å². The van der Waals surface area contributed by atoms with Gasteiger partial charge in [-0.1, -0.05) is 26.8 Å². The first kappa shape index (κ1) is 27.1. The van der Waals surface area contributed by atoms with E-state index >= 15 is 0 Å². The molecular formula is C25H32N4O6S. The van der Waals surface area contributed by atoms with E-state index in [0.29, 0.717) is 17.0 Å². The van der Waals surface area contributed by atoms with Gasteiger partial charge < -0.3 is 25.0 Å². The van der Waals surface area contributed by atoms with Gasteiger partial charge in [0.1, 0.15) is 5.75 Å². The van der Waals surface area contributed by atoms with Crippen LogP contribution in [0.25, 0.3) is 0 Å². The molecule has 1 aliphatic rings. The minimum atomic E-state index is -1.74. The van der Waals surface area contributed by atoms with Crippen LogP contribution in [0.2, 0.25) is 0 Å². The summed E-state index contributed by atoms with van der Waals surface area (Å²) in [6.07, 6.45) is -0.0707. The number of nitrogens with one attached hydrogen (secondary N) is 1. The smallest absolute Gasteiger partial charge is 0.331 e. The van der Waals surface area contributed by atoms with Crippen LogP contribution in [0.4, 0.5) is 0 Å². The quantitative estimate of drug-likeness (QED) is 0.575. The van der Waals surface area contributed by atoms with Gasteiger partial charge in [-0.15, -0.1) is 11.3 Å². The predicted octanol–water partition coefficient (Wildman–Crippen LogP) is 1.94. The van der Waals surface area contributed by atoms with Crippen molar-refractivity contribution in [1.82, 2.24) is 20.1 Å². The molecule has 1 fully saturated rings. The number of carboxylic acid groups (broad SMARTS) is 1. The van der Waals surface area contributed by atoms with Crippen molar-refractivity contribution in [1.29, 1.82) is 0 Å². The van der Waals surface area contributed by atoms with Gasteiger partial charge in [-0.3, -0.25) is 14.4 Å². The molecule has 1 atom stereocenters. The number of rotatable bonds is 7. The van der Waals surface area contributed by atoms with Crippen LogP contribution in [0.3, 0.4) is 0 Å². The van der Waals surface area contributed by atoms with Crippen molar-refractivity contribution < 1.29 is 29.0 Å². The number of benzene rings is 1. The summed E-state index contributed by atoms with van der Waals surface area (Å²) in [5, 5.41) is 14.7. The van der Waals surface area contributed by atoms with E-state index in [1.807, 2.05) is 26.8 Å². The highest BCUT2D eigenvalue weighted by atomic mass is 32.1. The number of hydrogen-bond acceptors (Lipinski definition) is 7. The van der Waals surface area contributed by atoms with Gasteiger partial charge in [0.05, 0.1) is 31.4 Å². The minimum Gasteiger partial charge on any atom is -0.496 e. The molecule has 2 aromatic rings. The summed E-state index contributed by atoms with van der Waals surface area (Å²) in [7, 11) is 1.53. The van der Waals surface area contributed by atoms with Crippen molar-refractivity contribution in [3.63, 3.8) is 0 Å². The maximum atomic E-state index is 13.8. The molecule has 1 aliphatic heterocycles. The number of methoxy groups -OCH3 is 1. The van der Waals surface area contributed by atoms with Crippen molar-refractivity contribution >= 4 is 35.0 Å². The maximum absolute atomic E-state index is 13.8. The van der Waals surface area contributed by atoms with Gasteiger partial charge in [0.15, 0.2) is 5.54 Å². The highest BCUT2D eigenvalue weighted by molar-refractivity contribution is 7.07. The number of carbonyl (C=O) groups is 4. The fourth-order valence-corrected chi connectivity index (χ4v) is 4.93. The van der Waals surface area contributed by atoms with Crippen LogP contribution in [-0.2, 0) is 26.2 Å². The number of carboxylic acids is 1. The van der Waals surface area contributed by atoms with Crippen molar-refractivity contribution in [2.75, 3.05) is 33.3 Å². The molecule has 0 radical (unpaired) electrons. The second-order valence-corrected chi connectivity index (χ2v) is 10.6. The molecule has 0 spiro atoms. The van der Waals surface area contributed by atoms with E-state index in [4.69, 9.17) is 4.74 Å². The van der Waals surface area contributed by atoms with Crippen LogP contribution < -0.4 is 10.1 Å². The lowest BCUT2D eigenvalue weighted by Crippen LogP contribution is -2.69. The molecule has 0 saturated carbocycles. The molecule has 194 valence electrons. The number of nitrogens with zero attached hydrogens (tertiary/aromatic N) is 3. The van der Waals surface area contributed by atoms with Crippen LogP contribution in [0.15, 0.2) is 29.1 Å². The van der Waals surface area contributed by atoms with E-state index in [1.54, 1.807) is 23.0 Å². The molecule has 1 aromatic heterocycles. The van der Waals surface area contributed by atoms with Crippen LogP contribution in [0.5, 0.6) is 5.75 Å². The fraction of sp³-hybridized carbons (Fsp3) is 0.480. The number of hydrogen-bond donors (Lipinski definition) is 2. The number of piperazine rings is 1. The monoisotopic (exact) mass is 516 g/mol. The van der Waals surface area contributed by atoms with Crippen molar-refractivity contribution in [3.8, 4) is 5.75 Å². The van der Waals surface area contributed by atoms with Crippen LogP contribution >= 0.6 is 11.3 Å². The van der Waals surface area contributed by atoms with Crippen LogP contribution in [0.1, 0.15) is 49.3 Å². The lowest BCUT2D eigenvalue weighted by Gasteiger charge is -2.48. The largest absolute Gasteiger partial charge is 0.496 e. The Kier molecular flexibility index (Phi) is 8.02. The standard InChI is InChI=1S/C25H32N4O6S/c1-16(30)26-12-21(31)28-8-9-29(25(14-28,23(33)34)11-18-13-36-15-27-18)22(32)17-6-7-19(24(2,3)4)20(10-17)35-5/h6-7,10,13,15H,8-9,11-12,14H2,1-5H3,(H,26,30)(H,33,34). The third-order valence-corrected chi connectivity index (χ3v) is 6.90. The molecule has 0 bridgehead atoms. The molecule has 10 nitrogen and oxygen atoms in total. The average Bonchev–Trinajstić information content (AvgIpc) is 3.33. The van der Waals surface area contributed by atoms with Gasteiger partial charge in [0.2, 0.25) is 11.8 Å². The molecule has 2 N–H and O–H groups in total. The zero-order valence-electron chi connectivity index (χ0n) is 21.2. The Balaban J connectivity index is 2.01. The zero-order valence-corrected chi connectivity index (χ0v) is 22.0. The SMILES string of the molecule is COc1cc(C(=O)N2CCN(C(=O)CNC(C)=O)CC2(Cc2cscn2)C(=O)O)ccc1C(C)(C)C. The molecule has 36 heavy (non-hydrogen) atoms. The molecule has 0 aliphatic carbocycles. The van der Waals surface area contributed by atoms with Crippen LogP contribution in [-0.4, -0.2) is 82.4 Å². The Morgan fingerprint density at radius 1 is 1.22 bits per heavy atom. The molecular weight excluding hydrogens is 484 g/mol. The van der Waals surface area contributed by atoms with E-state index < -0.39 is 23.3 Å². The lowest BCUT2D eigenvalue weighted by atomic mass is 9.85. The van der Waals surface area contributed by atoms with Crippen molar-refractivity contribution in [2.45, 2.75) is 45.1 Å². The number of amides is 3. The van der Waals surface area contributed by atoms with Gasteiger partial charge in [0, 0.05) is 37.4 Å². The summed E-state index contributed by atoms with van der Waals surface area (Å²) in [5.74, 6) is -1.95. The highest BCUT2D eigenvalue weighted by Gasteiger charge is 2.52. The number of aliphatic carboxylic acids is 1. The predicted molar refractivity (Wildman–Crippen MR) is 134 cm³/mol. The Morgan fingerprint density at radius 3 is 2.50 bits per heavy atom. The first-order chi connectivity index (χ1) is 16.9. The summed E-state index contributed by atoms with van der Waals surface area (Å²) in [6.45, 7) is 7.06. The van der Waals surface area contributed by atoms with Crippen molar-refractivity contribution in [2.24, 2.45) is 0 Å². The minimum absolute atomic E-state index is 0.00438. The van der Waals surface area contributed by atoms with Gasteiger partial charge in [-0.2, -0.15) is 0 Å². The van der Waals surface area contributed by atoms with Gasteiger partial charge in [-0.25, -0.2) is 9.78 Å². The summed E-state index contributed by atoms with van der Waals surface area (Å²) >= 11 is 1.32. The number of ether oxygens (including phenoxy) is 1. The third kappa shape index (κ3) is 5.67. The Morgan fingerprint density at radius 2 is 1.94 bits per heavy atom. The fourth-order valence-electron chi connectivity index (χ4n) is 4.37. The molecule has 1 aromatic carbocycles. The average molecular weight is 517 g/mol. The van der Waals surface area contributed by atoms with Gasteiger partial charge >= 0.3 is 5.97 Å². The molecule has 1 unspecified atom stereocenters. The molecule has 3 rings (SSSR count). The zero-order chi connectivity index (χ0) is 26.7. The lowest BCUT2D eigenvalue weighted by molar-refractivity contribution is -0.157. The first-order valence-electron chi connectivity index (χ1n) is 11.5. The van der Waals surface area contributed by atoms with Crippen LogP contribution in [0, 0.1) is 0 Å². The van der Waals surface area contributed by atoms with Crippen molar-refractivity contribution in [3.05, 3.63) is 45.9 Å². The molecule has 11 heteroatoms. The van der Waals surface area contributed by atoms with E-state index in [1.165, 1.54) is 35.2 Å². The Bertz CT molecular complexity index is 1140. The molecule has 1 saturated heterocycles. The number of aromatic nitrogens is 1. The summed E-state index contributed by atoms with van der Waals surface area (Å²) < 4.78 is 5.55. The van der Waals surface area contributed by atoms with E-state index in [-0.39, 0.29) is 43.9 Å². The van der Waals surface area contributed by atoms with E-state index in [0.717, 1.165) is 5.56 Å². The van der Waals surface area contributed by atoms with E-state index in [2.05, 4.69) is 10.3 Å². The second kappa shape index (κ2) is 10.7. The maximum Gasteiger partial charge on any atom is 0.331 e. The second-order valence-electron chi connectivity index (χ2n) is 9.84. The third-order valence-electron chi connectivity index (χ3n) is 6.26. The summed E-state index contributed by atoms with van der Waals surface area (Å²) in [5.41, 5.74) is 1.35. The number of carbonyl (C=O) groups excluding carboxylic acids is 3. The normalized spacial score (nSPS) is 18.0. The van der Waals surface area contributed by atoms with E-state index in [9.17, 15) is 24.3 Å². The first-order valence-corrected chi connectivity index (χ1v) is 12.5. The Labute approximate surface area is 214 Å². The van der Waals surface area contributed by atoms with Gasteiger partial charge in [0.25, 0.3) is 5.91 Å². The summed E-state index contributed by atoms with van der Waals surface area (Å²) in [6, 6.07) is 5.13. The Hall–Kier alpha value is -3.47. The topological polar surface area (TPSA) is 129 Å². The molecule has 2 heterocycles. The summed E-state index contributed by atoms with van der Waals surface area (Å²) in [4.78, 5) is 57.6. The number of thiazole rings is 1. The highest BCUT2D eigenvalue weighted by Crippen LogP contribution is 2.34. The molecule has 3 amide bonds.